The Kier molecular flexibility index (Phi) is 5.17. The van der Waals surface area contributed by atoms with Gasteiger partial charge in [-0.2, -0.15) is 0 Å². The van der Waals surface area contributed by atoms with Crippen LogP contribution in [0, 0.1) is 5.41 Å². The van der Waals surface area contributed by atoms with Crippen molar-refractivity contribution in [2.24, 2.45) is 11.1 Å². The summed E-state index contributed by atoms with van der Waals surface area (Å²) in [6, 6.07) is 0.115. The third kappa shape index (κ3) is 3.45. The molecule has 1 aliphatic rings. The summed E-state index contributed by atoms with van der Waals surface area (Å²) in [7, 11) is 0. The Hall–Kier alpha value is -0.610. The number of hydrogen-bond donors (Lipinski definition) is 1. The van der Waals surface area contributed by atoms with Crippen molar-refractivity contribution in [1.29, 1.82) is 0 Å². The molecule has 0 aromatic heterocycles. The van der Waals surface area contributed by atoms with Gasteiger partial charge in [0.1, 0.15) is 0 Å². The van der Waals surface area contributed by atoms with Gasteiger partial charge in [-0.25, -0.2) is 0 Å². The molecule has 4 heteroatoms. The predicted molar refractivity (Wildman–Crippen MR) is 75.3 cm³/mol. The van der Waals surface area contributed by atoms with E-state index in [1.807, 2.05) is 25.7 Å². The van der Waals surface area contributed by atoms with Gasteiger partial charge >= 0.3 is 0 Å². The van der Waals surface area contributed by atoms with E-state index in [4.69, 9.17) is 5.73 Å². The summed E-state index contributed by atoms with van der Waals surface area (Å²) in [4.78, 5) is 16.7. The molecular formula is C14H29N3O. The monoisotopic (exact) mass is 255 g/mol. The van der Waals surface area contributed by atoms with Crippen LogP contribution in [0.3, 0.4) is 0 Å². The van der Waals surface area contributed by atoms with E-state index in [2.05, 4.69) is 18.7 Å². The molecule has 1 unspecified atom stereocenters. The standard InChI is InChI=1S/C14H29N3O/c1-6-16(7-2)11-8-9-17(10-11)13(18)12(15)14(3,4)5/h11-12H,6-10,15H2,1-5H3/t11?,12-/m0/s1. The van der Waals surface area contributed by atoms with Crippen LogP contribution < -0.4 is 5.73 Å². The smallest absolute Gasteiger partial charge is 0.240 e. The fourth-order valence-electron chi connectivity index (χ4n) is 2.55. The predicted octanol–water partition coefficient (Wildman–Crippen LogP) is 1.30. The van der Waals surface area contributed by atoms with Crippen molar-refractivity contribution in [1.82, 2.24) is 9.80 Å². The first-order valence-electron chi connectivity index (χ1n) is 7.09. The fraction of sp³-hybridized carbons (Fsp3) is 0.929. The number of likely N-dealkylation sites (N-methyl/N-ethyl adjacent to an activating group) is 1. The Morgan fingerprint density at radius 1 is 1.39 bits per heavy atom. The van der Waals surface area contributed by atoms with Crippen LogP contribution in [0.15, 0.2) is 0 Å². The van der Waals surface area contributed by atoms with Crippen LogP contribution in [-0.2, 0) is 4.79 Å². The van der Waals surface area contributed by atoms with Crippen LogP contribution >= 0.6 is 0 Å². The van der Waals surface area contributed by atoms with Crippen LogP contribution in [0.1, 0.15) is 41.0 Å². The average molecular weight is 255 g/mol. The Morgan fingerprint density at radius 3 is 2.39 bits per heavy atom. The van der Waals surface area contributed by atoms with Crippen molar-refractivity contribution >= 4 is 5.91 Å². The molecule has 0 aliphatic carbocycles. The molecule has 1 aliphatic heterocycles. The maximum atomic E-state index is 12.3. The Labute approximate surface area is 111 Å². The molecule has 0 aromatic rings. The Balaban J connectivity index is 2.59. The van der Waals surface area contributed by atoms with Gasteiger partial charge in [-0.15, -0.1) is 0 Å². The van der Waals surface area contributed by atoms with Crippen molar-refractivity contribution in [2.45, 2.75) is 53.1 Å². The van der Waals surface area contributed by atoms with Crippen molar-refractivity contribution in [2.75, 3.05) is 26.2 Å². The molecule has 0 bridgehead atoms. The normalized spacial score (nSPS) is 22.6. The summed E-state index contributed by atoms with van der Waals surface area (Å²) in [5.41, 5.74) is 5.89. The average Bonchev–Trinajstić information content (AvgIpc) is 2.77. The van der Waals surface area contributed by atoms with E-state index in [9.17, 15) is 4.79 Å². The number of rotatable bonds is 4. The van der Waals surface area contributed by atoms with Crippen LogP contribution in [0.2, 0.25) is 0 Å². The van der Waals surface area contributed by atoms with Gasteiger partial charge in [0, 0.05) is 19.1 Å². The van der Waals surface area contributed by atoms with E-state index < -0.39 is 6.04 Å². The molecule has 1 amide bonds. The van der Waals surface area contributed by atoms with Crippen molar-refractivity contribution < 1.29 is 4.79 Å². The van der Waals surface area contributed by atoms with Gasteiger partial charge in [0.2, 0.25) is 5.91 Å². The Bertz CT molecular complexity index is 281. The van der Waals surface area contributed by atoms with Crippen LogP contribution in [0.5, 0.6) is 0 Å². The zero-order valence-electron chi connectivity index (χ0n) is 12.6. The third-order valence-electron chi connectivity index (χ3n) is 4.00. The second-order valence-electron chi connectivity index (χ2n) is 6.29. The van der Waals surface area contributed by atoms with Crippen LogP contribution in [-0.4, -0.2) is 54.0 Å². The highest BCUT2D eigenvalue weighted by molar-refractivity contribution is 5.82. The van der Waals surface area contributed by atoms with Gasteiger partial charge in [-0.3, -0.25) is 9.69 Å². The second kappa shape index (κ2) is 6.02. The van der Waals surface area contributed by atoms with Crippen LogP contribution in [0.25, 0.3) is 0 Å². The molecule has 1 fully saturated rings. The number of likely N-dealkylation sites (tertiary alicyclic amines) is 1. The minimum absolute atomic E-state index is 0.108. The minimum atomic E-state index is -0.395. The van der Waals surface area contributed by atoms with E-state index >= 15 is 0 Å². The maximum Gasteiger partial charge on any atom is 0.240 e. The summed E-state index contributed by atoms with van der Waals surface area (Å²) in [6.45, 7) is 14.2. The van der Waals surface area contributed by atoms with E-state index in [0.717, 1.165) is 32.6 Å². The van der Waals surface area contributed by atoms with Gasteiger partial charge in [-0.05, 0) is 24.9 Å². The van der Waals surface area contributed by atoms with Gasteiger partial charge < -0.3 is 10.6 Å². The highest BCUT2D eigenvalue weighted by atomic mass is 16.2. The van der Waals surface area contributed by atoms with Gasteiger partial charge in [0.05, 0.1) is 6.04 Å². The topological polar surface area (TPSA) is 49.6 Å². The quantitative estimate of drug-likeness (QED) is 0.824. The highest BCUT2D eigenvalue weighted by Gasteiger charge is 2.35. The Morgan fingerprint density at radius 2 is 1.94 bits per heavy atom. The van der Waals surface area contributed by atoms with Gasteiger partial charge in [-0.1, -0.05) is 34.6 Å². The summed E-state index contributed by atoms with van der Waals surface area (Å²) in [5, 5.41) is 0. The lowest BCUT2D eigenvalue weighted by Gasteiger charge is -2.31. The summed E-state index contributed by atoms with van der Waals surface area (Å²) in [6.07, 6.45) is 1.07. The molecule has 106 valence electrons. The largest absolute Gasteiger partial charge is 0.340 e. The highest BCUT2D eigenvalue weighted by Crippen LogP contribution is 2.22. The summed E-state index contributed by atoms with van der Waals surface area (Å²) in [5.74, 6) is 0.108. The molecule has 0 radical (unpaired) electrons. The lowest BCUT2D eigenvalue weighted by molar-refractivity contribution is -0.134. The first-order chi connectivity index (χ1) is 8.31. The molecule has 1 rings (SSSR count). The van der Waals surface area contributed by atoms with Crippen molar-refractivity contribution in [3.63, 3.8) is 0 Å². The number of carbonyl (C=O) groups excluding carboxylic acids is 1. The van der Waals surface area contributed by atoms with Crippen molar-refractivity contribution in [3.05, 3.63) is 0 Å². The molecule has 2 N–H and O–H groups in total. The molecule has 2 atom stereocenters. The van der Waals surface area contributed by atoms with Gasteiger partial charge in [0.15, 0.2) is 0 Å². The molecule has 18 heavy (non-hydrogen) atoms. The number of amides is 1. The number of carbonyl (C=O) groups is 1. The first kappa shape index (κ1) is 15.4. The van der Waals surface area contributed by atoms with E-state index in [-0.39, 0.29) is 11.3 Å². The SMILES string of the molecule is CCN(CC)C1CCN(C(=O)[C@H](N)C(C)(C)C)C1. The summed E-state index contributed by atoms with van der Waals surface area (Å²) < 4.78 is 0. The van der Waals surface area contributed by atoms with Crippen LogP contribution in [0.4, 0.5) is 0 Å². The molecule has 1 heterocycles. The van der Waals surface area contributed by atoms with Crippen molar-refractivity contribution in [3.8, 4) is 0 Å². The van der Waals surface area contributed by atoms with Gasteiger partial charge in [0.25, 0.3) is 0 Å². The maximum absolute atomic E-state index is 12.3. The van der Waals surface area contributed by atoms with E-state index in [1.54, 1.807) is 0 Å². The zero-order chi connectivity index (χ0) is 13.9. The number of nitrogens with zero attached hydrogens (tertiary/aromatic N) is 2. The zero-order valence-corrected chi connectivity index (χ0v) is 12.6. The molecule has 0 aromatic carbocycles. The lowest BCUT2D eigenvalue weighted by atomic mass is 9.86. The number of hydrogen-bond acceptors (Lipinski definition) is 3. The first-order valence-corrected chi connectivity index (χ1v) is 7.09. The van der Waals surface area contributed by atoms with E-state index in [1.165, 1.54) is 0 Å². The fourth-order valence-corrected chi connectivity index (χ4v) is 2.55. The molecule has 4 nitrogen and oxygen atoms in total. The van der Waals surface area contributed by atoms with E-state index in [0.29, 0.717) is 6.04 Å². The number of nitrogens with two attached hydrogens (primary N) is 1. The second-order valence-corrected chi connectivity index (χ2v) is 6.29. The lowest BCUT2D eigenvalue weighted by Crippen LogP contribution is -2.50. The molecular weight excluding hydrogens is 226 g/mol. The minimum Gasteiger partial charge on any atom is -0.340 e. The summed E-state index contributed by atoms with van der Waals surface area (Å²) >= 11 is 0. The molecule has 1 saturated heterocycles. The molecule has 0 spiro atoms. The molecule has 0 saturated carbocycles. The third-order valence-corrected chi connectivity index (χ3v) is 4.00.